The van der Waals surface area contributed by atoms with Crippen LogP contribution in [0.15, 0.2) is 16.2 Å². The van der Waals surface area contributed by atoms with Crippen LogP contribution in [-0.4, -0.2) is 54.1 Å². The molecule has 1 aliphatic heterocycles. The highest BCUT2D eigenvalue weighted by molar-refractivity contribution is 5.70. The molecule has 23 heavy (non-hydrogen) atoms. The standard InChI is InChI=1S/C11H14N8O4/c1-11(17-18-13)6(21)4(2-20)23-9(11)19-3-14-5-7(19)15-10(12)16-8(5)22/h3-4,6,9,20-21H,2H2,1H3,(H3,12,15,16,22)/t4-,6?,9-,11-/m1/s1. The molecule has 5 N–H and O–H groups in total. The van der Waals surface area contributed by atoms with E-state index >= 15 is 0 Å². The van der Waals surface area contributed by atoms with Gasteiger partial charge in [0.25, 0.3) is 5.56 Å². The van der Waals surface area contributed by atoms with Crippen molar-refractivity contribution in [3.05, 3.63) is 27.1 Å². The summed E-state index contributed by atoms with van der Waals surface area (Å²) in [6, 6.07) is 0. The van der Waals surface area contributed by atoms with Crippen molar-refractivity contribution in [3.63, 3.8) is 0 Å². The number of nitrogens with zero attached hydrogens (tertiary/aromatic N) is 6. The Labute approximate surface area is 128 Å². The van der Waals surface area contributed by atoms with Gasteiger partial charge in [-0.3, -0.25) is 14.3 Å². The maximum absolute atomic E-state index is 11.8. The second kappa shape index (κ2) is 5.21. The normalized spacial score (nSPS) is 30.5. The number of nitrogens with one attached hydrogen (secondary N) is 1. The van der Waals surface area contributed by atoms with Crippen molar-refractivity contribution < 1.29 is 14.9 Å². The third-order valence-electron chi connectivity index (χ3n) is 3.90. The molecule has 3 rings (SSSR count). The minimum absolute atomic E-state index is 0.0213. The number of aromatic nitrogens is 4. The van der Waals surface area contributed by atoms with Gasteiger partial charge in [-0.25, -0.2) is 4.98 Å². The molecule has 122 valence electrons. The van der Waals surface area contributed by atoms with Crippen LogP contribution in [0.25, 0.3) is 21.6 Å². The highest BCUT2D eigenvalue weighted by Crippen LogP contribution is 2.42. The molecule has 3 heterocycles. The summed E-state index contributed by atoms with van der Waals surface area (Å²) in [5, 5.41) is 23.2. The lowest BCUT2D eigenvalue weighted by Crippen LogP contribution is -2.42. The molecule has 12 heteroatoms. The fourth-order valence-corrected chi connectivity index (χ4v) is 2.71. The van der Waals surface area contributed by atoms with Crippen LogP contribution in [-0.2, 0) is 4.74 Å². The van der Waals surface area contributed by atoms with E-state index in [9.17, 15) is 15.0 Å². The summed E-state index contributed by atoms with van der Waals surface area (Å²) in [6.45, 7) is 0.997. The summed E-state index contributed by atoms with van der Waals surface area (Å²) in [5.74, 6) is -0.119. The molecule has 2 aromatic heterocycles. The highest BCUT2D eigenvalue weighted by Gasteiger charge is 2.54. The Kier molecular flexibility index (Phi) is 3.45. The van der Waals surface area contributed by atoms with Gasteiger partial charge < -0.3 is 20.7 Å². The van der Waals surface area contributed by atoms with Crippen molar-refractivity contribution in [1.29, 1.82) is 0 Å². The Morgan fingerprint density at radius 2 is 2.43 bits per heavy atom. The Morgan fingerprint density at radius 3 is 3.09 bits per heavy atom. The molecule has 0 amide bonds. The van der Waals surface area contributed by atoms with E-state index in [2.05, 4.69) is 25.0 Å². The number of nitrogens with two attached hydrogens (primary N) is 1. The number of imidazole rings is 1. The summed E-state index contributed by atoms with van der Waals surface area (Å²) >= 11 is 0. The Hall–Kier alpha value is -2.66. The molecule has 0 aromatic carbocycles. The van der Waals surface area contributed by atoms with Gasteiger partial charge in [0, 0.05) is 4.91 Å². The first-order valence-electron chi connectivity index (χ1n) is 6.65. The predicted molar refractivity (Wildman–Crippen MR) is 77.1 cm³/mol. The number of ether oxygens (including phenoxy) is 1. The van der Waals surface area contributed by atoms with E-state index in [4.69, 9.17) is 16.0 Å². The average molecular weight is 322 g/mol. The summed E-state index contributed by atoms with van der Waals surface area (Å²) in [5.41, 5.74) is 12.5. The number of hydrogen-bond donors (Lipinski definition) is 4. The molecule has 0 bridgehead atoms. The lowest BCUT2D eigenvalue weighted by Gasteiger charge is -2.27. The van der Waals surface area contributed by atoms with Gasteiger partial charge in [-0.15, -0.1) is 0 Å². The summed E-state index contributed by atoms with van der Waals surface area (Å²) in [6.07, 6.45) is -1.98. The third-order valence-corrected chi connectivity index (χ3v) is 3.90. The van der Waals surface area contributed by atoms with Crippen LogP contribution in [0.3, 0.4) is 0 Å². The first kappa shape index (κ1) is 15.2. The molecule has 2 aromatic rings. The molecule has 1 aliphatic rings. The monoisotopic (exact) mass is 322 g/mol. The van der Waals surface area contributed by atoms with Crippen molar-refractivity contribution in [1.82, 2.24) is 19.5 Å². The van der Waals surface area contributed by atoms with Gasteiger partial charge in [-0.1, -0.05) is 5.11 Å². The second-order valence-corrected chi connectivity index (χ2v) is 5.34. The first-order chi connectivity index (χ1) is 10.9. The van der Waals surface area contributed by atoms with Gasteiger partial charge in [0.1, 0.15) is 11.6 Å². The number of anilines is 1. The molecular formula is C11H14N8O4. The number of H-pyrrole nitrogens is 1. The fourth-order valence-electron chi connectivity index (χ4n) is 2.71. The maximum atomic E-state index is 11.8. The van der Waals surface area contributed by atoms with Crippen LogP contribution in [0.4, 0.5) is 5.95 Å². The lowest BCUT2D eigenvalue weighted by molar-refractivity contribution is -0.0455. The van der Waals surface area contributed by atoms with Crippen LogP contribution >= 0.6 is 0 Å². The summed E-state index contributed by atoms with van der Waals surface area (Å²) in [7, 11) is 0. The van der Waals surface area contributed by atoms with E-state index in [1.807, 2.05) is 0 Å². The molecule has 1 saturated heterocycles. The van der Waals surface area contributed by atoms with Gasteiger partial charge in [-0.05, 0) is 12.5 Å². The molecule has 0 saturated carbocycles. The van der Waals surface area contributed by atoms with Crippen LogP contribution < -0.4 is 11.3 Å². The zero-order chi connectivity index (χ0) is 16.8. The zero-order valence-electron chi connectivity index (χ0n) is 12.0. The van der Waals surface area contributed by atoms with Crippen LogP contribution in [0.1, 0.15) is 13.2 Å². The van der Waals surface area contributed by atoms with Crippen molar-refractivity contribution >= 4 is 17.1 Å². The topological polar surface area (TPSA) is 188 Å². The van der Waals surface area contributed by atoms with Gasteiger partial charge in [0.2, 0.25) is 5.95 Å². The van der Waals surface area contributed by atoms with Gasteiger partial charge in [0.15, 0.2) is 17.4 Å². The molecular weight excluding hydrogens is 308 g/mol. The number of aliphatic hydroxyl groups is 2. The first-order valence-corrected chi connectivity index (χ1v) is 6.65. The van der Waals surface area contributed by atoms with Crippen LogP contribution in [0.2, 0.25) is 0 Å². The highest BCUT2D eigenvalue weighted by atomic mass is 16.5. The Bertz CT molecular complexity index is 855. The minimum atomic E-state index is -1.44. The van der Waals surface area contributed by atoms with Gasteiger partial charge in [-0.2, -0.15) is 4.98 Å². The third kappa shape index (κ3) is 2.12. The number of nitrogen functional groups attached to an aromatic ring is 1. The van der Waals surface area contributed by atoms with E-state index in [-0.39, 0.29) is 17.1 Å². The Balaban J connectivity index is 2.20. The number of azide groups is 1. The number of aliphatic hydroxyl groups excluding tert-OH is 2. The molecule has 4 atom stereocenters. The fraction of sp³-hybridized carbons (Fsp3) is 0.545. The van der Waals surface area contributed by atoms with E-state index in [1.54, 1.807) is 0 Å². The maximum Gasteiger partial charge on any atom is 0.280 e. The SMILES string of the molecule is C[C@@]1(N=[N+]=[N-])C(O)[C@@H](CO)O[C@H]1n1cnc2c(=O)[nH]c(N)nc21. The van der Waals surface area contributed by atoms with Crippen molar-refractivity contribution in [2.24, 2.45) is 5.11 Å². The molecule has 1 fully saturated rings. The largest absolute Gasteiger partial charge is 0.394 e. The average Bonchev–Trinajstić information content (AvgIpc) is 3.01. The van der Waals surface area contributed by atoms with E-state index in [1.165, 1.54) is 17.8 Å². The molecule has 0 radical (unpaired) electrons. The molecule has 0 aliphatic carbocycles. The van der Waals surface area contributed by atoms with Crippen LogP contribution in [0.5, 0.6) is 0 Å². The van der Waals surface area contributed by atoms with Gasteiger partial charge in [0.05, 0.1) is 19.0 Å². The van der Waals surface area contributed by atoms with E-state index in [0.717, 1.165) is 0 Å². The van der Waals surface area contributed by atoms with E-state index < -0.39 is 36.1 Å². The van der Waals surface area contributed by atoms with Gasteiger partial charge >= 0.3 is 0 Å². The second-order valence-electron chi connectivity index (χ2n) is 5.34. The number of fused-ring (bicyclic) bond motifs is 1. The summed E-state index contributed by atoms with van der Waals surface area (Å²) in [4.78, 5) is 24.8. The molecule has 0 spiro atoms. The smallest absolute Gasteiger partial charge is 0.280 e. The quantitative estimate of drug-likeness (QED) is 0.317. The van der Waals surface area contributed by atoms with Crippen molar-refractivity contribution in [3.8, 4) is 0 Å². The number of rotatable bonds is 3. The number of aromatic amines is 1. The molecule has 1 unspecified atom stereocenters. The minimum Gasteiger partial charge on any atom is -0.394 e. The number of hydrogen-bond acceptors (Lipinski definition) is 8. The summed E-state index contributed by atoms with van der Waals surface area (Å²) < 4.78 is 6.93. The Morgan fingerprint density at radius 1 is 1.70 bits per heavy atom. The van der Waals surface area contributed by atoms with E-state index in [0.29, 0.717) is 0 Å². The predicted octanol–water partition coefficient (Wildman–Crippen LogP) is -0.979. The zero-order valence-corrected chi connectivity index (χ0v) is 12.0. The van der Waals surface area contributed by atoms with Crippen LogP contribution in [0, 0.1) is 0 Å². The van der Waals surface area contributed by atoms with Crippen molar-refractivity contribution in [2.45, 2.75) is 30.9 Å². The lowest BCUT2D eigenvalue weighted by atomic mass is 9.93. The molecule has 12 nitrogen and oxygen atoms in total. The van der Waals surface area contributed by atoms with Crippen molar-refractivity contribution in [2.75, 3.05) is 12.3 Å².